The zero-order chi connectivity index (χ0) is 11.0. The summed E-state index contributed by atoms with van der Waals surface area (Å²) in [6, 6.07) is 11.0. The number of methoxy groups -OCH3 is 1. The number of hydrogen-bond acceptors (Lipinski definition) is 1. The van der Waals surface area contributed by atoms with Crippen LogP contribution in [0.4, 0.5) is 0 Å². The lowest BCUT2D eigenvalue weighted by atomic mass is 9.89. The van der Waals surface area contributed by atoms with Crippen LogP contribution in [0.2, 0.25) is 0 Å². The number of ether oxygens (including phenoxy) is 1. The van der Waals surface area contributed by atoms with Crippen LogP contribution < -0.4 is 4.74 Å². The Hall–Kier alpha value is -1.50. The number of fused-ring (bicyclic) bond motifs is 2. The Morgan fingerprint density at radius 2 is 1.56 bits per heavy atom. The molecule has 1 nitrogen and oxygen atoms in total. The summed E-state index contributed by atoms with van der Waals surface area (Å²) >= 11 is 0. The Balaban J connectivity index is 2.19. The molecule has 2 aromatic rings. The third-order valence-corrected chi connectivity index (χ3v) is 3.51. The van der Waals surface area contributed by atoms with Gasteiger partial charge in [-0.25, -0.2) is 0 Å². The summed E-state index contributed by atoms with van der Waals surface area (Å²) in [7, 11) is 1.72. The minimum atomic E-state index is 0.947. The van der Waals surface area contributed by atoms with Gasteiger partial charge in [0, 0.05) is 0 Å². The molecule has 0 fully saturated rings. The van der Waals surface area contributed by atoms with Gasteiger partial charge in [-0.3, -0.25) is 0 Å². The first-order chi connectivity index (χ1) is 7.86. The molecule has 0 saturated heterocycles. The number of benzene rings is 2. The minimum Gasteiger partial charge on any atom is -0.497 e. The molecule has 1 aliphatic carbocycles. The van der Waals surface area contributed by atoms with Crippen LogP contribution >= 0.6 is 0 Å². The molecule has 0 atom stereocenters. The van der Waals surface area contributed by atoms with Crippen LogP contribution in [0, 0.1) is 0 Å². The quantitative estimate of drug-likeness (QED) is 0.700. The molecule has 0 N–H and O–H groups in total. The van der Waals surface area contributed by atoms with E-state index in [1.807, 2.05) is 6.07 Å². The fourth-order valence-corrected chi connectivity index (χ4v) is 2.59. The molecule has 3 rings (SSSR count). The molecule has 0 aliphatic heterocycles. The standard InChI is InChI=1S/C15H16O/c1-16-15-7-6-13-8-11-4-2-3-5-12(11)9-14(13)10-15/h6-10H,2-5H2,1H3. The summed E-state index contributed by atoms with van der Waals surface area (Å²) in [6.07, 6.45) is 5.16. The van der Waals surface area contributed by atoms with Crippen molar-refractivity contribution in [2.75, 3.05) is 7.11 Å². The molecule has 1 aliphatic rings. The van der Waals surface area contributed by atoms with Crippen molar-refractivity contribution in [3.05, 3.63) is 41.5 Å². The van der Waals surface area contributed by atoms with E-state index in [0.29, 0.717) is 0 Å². The van der Waals surface area contributed by atoms with E-state index in [1.54, 1.807) is 12.7 Å². The third-order valence-electron chi connectivity index (χ3n) is 3.51. The molecule has 0 saturated carbocycles. The summed E-state index contributed by atoms with van der Waals surface area (Å²) in [6.45, 7) is 0. The highest BCUT2D eigenvalue weighted by Gasteiger charge is 2.10. The van der Waals surface area contributed by atoms with Gasteiger partial charge in [-0.15, -0.1) is 0 Å². The van der Waals surface area contributed by atoms with Crippen LogP contribution in [0.1, 0.15) is 24.0 Å². The van der Waals surface area contributed by atoms with Gasteiger partial charge in [0.25, 0.3) is 0 Å². The van der Waals surface area contributed by atoms with Crippen molar-refractivity contribution in [2.24, 2.45) is 0 Å². The monoisotopic (exact) mass is 212 g/mol. The van der Waals surface area contributed by atoms with Gasteiger partial charge in [0.05, 0.1) is 7.11 Å². The van der Waals surface area contributed by atoms with Gasteiger partial charge in [-0.05, 0) is 59.7 Å². The first-order valence-electron chi connectivity index (χ1n) is 5.96. The Morgan fingerprint density at radius 1 is 0.875 bits per heavy atom. The lowest BCUT2D eigenvalue weighted by Gasteiger charge is -2.16. The van der Waals surface area contributed by atoms with E-state index in [9.17, 15) is 0 Å². The zero-order valence-corrected chi connectivity index (χ0v) is 9.62. The third kappa shape index (κ3) is 1.57. The van der Waals surface area contributed by atoms with Crippen LogP contribution in [0.15, 0.2) is 30.3 Å². The molecule has 0 unspecified atom stereocenters. The van der Waals surface area contributed by atoms with Gasteiger partial charge < -0.3 is 4.74 Å². The summed E-state index contributed by atoms with van der Waals surface area (Å²) in [5, 5.41) is 2.64. The molecule has 0 amide bonds. The normalized spacial score (nSPS) is 14.8. The average molecular weight is 212 g/mol. The molecular weight excluding hydrogens is 196 g/mol. The summed E-state index contributed by atoms with van der Waals surface area (Å²) < 4.78 is 5.27. The van der Waals surface area contributed by atoms with E-state index >= 15 is 0 Å². The maximum absolute atomic E-state index is 5.27. The molecule has 16 heavy (non-hydrogen) atoms. The summed E-state index contributed by atoms with van der Waals surface area (Å²) in [4.78, 5) is 0. The van der Waals surface area contributed by atoms with Crippen LogP contribution in [0.25, 0.3) is 10.8 Å². The van der Waals surface area contributed by atoms with Gasteiger partial charge in [0.15, 0.2) is 0 Å². The lowest BCUT2D eigenvalue weighted by Crippen LogP contribution is -2.02. The van der Waals surface area contributed by atoms with Crippen molar-refractivity contribution in [1.82, 2.24) is 0 Å². The van der Waals surface area contributed by atoms with Crippen molar-refractivity contribution < 1.29 is 4.74 Å². The van der Waals surface area contributed by atoms with Gasteiger partial charge in [-0.2, -0.15) is 0 Å². The highest BCUT2D eigenvalue weighted by molar-refractivity contribution is 5.85. The summed E-state index contributed by atoms with van der Waals surface area (Å²) in [5.41, 5.74) is 3.08. The number of rotatable bonds is 1. The van der Waals surface area contributed by atoms with E-state index in [-0.39, 0.29) is 0 Å². The largest absolute Gasteiger partial charge is 0.497 e. The van der Waals surface area contributed by atoms with Gasteiger partial charge in [0.2, 0.25) is 0 Å². The van der Waals surface area contributed by atoms with Crippen LogP contribution in [0.5, 0.6) is 5.75 Å². The molecule has 0 aromatic heterocycles. The minimum absolute atomic E-state index is 0.947. The SMILES string of the molecule is COc1ccc2cc3c(cc2c1)CCCC3. The molecule has 0 radical (unpaired) electrons. The Kier molecular flexibility index (Phi) is 2.32. The molecule has 0 bridgehead atoms. The topological polar surface area (TPSA) is 9.23 Å². The van der Waals surface area contributed by atoms with Crippen molar-refractivity contribution in [3.8, 4) is 5.75 Å². The van der Waals surface area contributed by atoms with E-state index in [4.69, 9.17) is 4.74 Å². The van der Waals surface area contributed by atoms with Crippen molar-refractivity contribution >= 4 is 10.8 Å². The van der Waals surface area contributed by atoms with Gasteiger partial charge >= 0.3 is 0 Å². The van der Waals surface area contributed by atoms with Crippen LogP contribution in [-0.2, 0) is 12.8 Å². The van der Waals surface area contributed by atoms with Crippen LogP contribution in [0.3, 0.4) is 0 Å². The highest BCUT2D eigenvalue weighted by atomic mass is 16.5. The fraction of sp³-hybridized carbons (Fsp3) is 0.333. The summed E-state index contributed by atoms with van der Waals surface area (Å²) in [5.74, 6) is 0.947. The zero-order valence-electron chi connectivity index (χ0n) is 9.62. The van der Waals surface area contributed by atoms with E-state index < -0.39 is 0 Å². The molecule has 0 heterocycles. The van der Waals surface area contributed by atoms with Gasteiger partial charge in [-0.1, -0.05) is 18.2 Å². The van der Waals surface area contributed by atoms with Crippen molar-refractivity contribution in [1.29, 1.82) is 0 Å². The predicted octanol–water partition coefficient (Wildman–Crippen LogP) is 3.73. The highest BCUT2D eigenvalue weighted by Crippen LogP contribution is 2.28. The first-order valence-corrected chi connectivity index (χ1v) is 5.96. The van der Waals surface area contributed by atoms with Crippen LogP contribution in [-0.4, -0.2) is 7.11 Å². The van der Waals surface area contributed by atoms with E-state index in [2.05, 4.69) is 24.3 Å². The van der Waals surface area contributed by atoms with E-state index in [0.717, 1.165) is 5.75 Å². The number of aryl methyl sites for hydroxylation is 2. The maximum Gasteiger partial charge on any atom is 0.119 e. The van der Waals surface area contributed by atoms with Crippen molar-refractivity contribution in [2.45, 2.75) is 25.7 Å². The Labute approximate surface area is 96.0 Å². The lowest BCUT2D eigenvalue weighted by molar-refractivity contribution is 0.415. The average Bonchev–Trinajstić information content (AvgIpc) is 2.35. The second-order valence-electron chi connectivity index (χ2n) is 4.54. The molecule has 82 valence electrons. The second-order valence-corrected chi connectivity index (χ2v) is 4.54. The van der Waals surface area contributed by atoms with Gasteiger partial charge in [0.1, 0.15) is 5.75 Å². The molecular formula is C15H16O. The molecule has 0 spiro atoms. The first kappa shape index (κ1) is 9.71. The molecule has 1 heteroatoms. The Bertz CT molecular complexity index is 528. The second kappa shape index (κ2) is 3.82. The fourth-order valence-electron chi connectivity index (χ4n) is 2.59. The Morgan fingerprint density at radius 3 is 2.25 bits per heavy atom. The van der Waals surface area contributed by atoms with E-state index in [1.165, 1.54) is 42.0 Å². The molecule has 2 aromatic carbocycles. The number of hydrogen-bond donors (Lipinski definition) is 0. The maximum atomic E-state index is 5.27. The smallest absolute Gasteiger partial charge is 0.119 e. The predicted molar refractivity (Wildman–Crippen MR) is 67.1 cm³/mol. The van der Waals surface area contributed by atoms with Crippen molar-refractivity contribution in [3.63, 3.8) is 0 Å².